The van der Waals surface area contributed by atoms with Gasteiger partial charge in [0.25, 0.3) is 0 Å². The van der Waals surface area contributed by atoms with Crippen molar-refractivity contribution in [1.82, 2.24) is 5.32 Å². The molecule has 1 saturated carbocycles. The zero-order valence-electron chi connectivity index (χ0n) is 12.1. The number of benzene rings is 1. The Morgan fingerprint density at radius 1 is 1.48 bits per heavy atom. The van der Waals surface area contributed by atoms with E-state index in [0.717, 1.165) is 29.7 Å². The van der Waals surface area contributed by atoms with E-state index >= 15 is 0 Å². The molecule has 1 aromatic carbocycles. The van der Waals surface area contributed by atoms with E-state index in [1.165, 1.54) is 0 Å². The average molecular weight is 288 g/mol. The number of amides is 1. The van der Waals surface area contributed by atoms with Crippen molar-refractivity contribution in [3.8, 4) is 0 Å². The topological polar surface area (TPSA) is 69.6 Å². The summed E-state index contributed by atoms with van der Waals surface area (Å²) in [6, 6.07) is 6.45. The van der Waals surface area contributed by atoms with Gasteiger partial charge in [-0.3, -0.25) is 9.59 Å². The van der Waals surface area contributed by atoms with Crippen LogP contribution in [0, 0.1) is 0 Å². The molecule has 2 aliphatic rings. The van der Waals surface area contributed by atoms with Crippen LogP contribution >= 0.6 is 0 Å². The highest BCUT2D eigenvalue weighted by molar-refractivity contribution is 6.00. The minimum absolute atomic E-state index is 0.0390. The van der Waals surface area contributed by atoms with Gasteiger partial charge in [0.15, 0.2) is 0 Å². The Labute approximate surface area is 123 Å². The largest absolute Gasteiger partial charge is 0.481 e. The molecule has 21 heavy (non-hydrogen) atoms. The van der Waals surface area contributed by atoms with E-state index in [4.69, 9.17) is 5.11 Å². The van der Waals surface area contributed by atoms with Gasteiger partial charge < -0.3 is 15.3 Å². The molecule has 1 aliphatic carbocycles. The van der Waals surface area contributed by atoms with Gasteiger partial charge in [-0.05, 0) is 36.5 Å². The summed E-state index contributed by atoms with van der Waals surface area (Å²) in [5.41, 5.74) is 3.10. The second-order valence-corrected chi connectivity index (χ2v) is 6.03. The number of carbonyl (C=O) groups excluding carboxylic acids is 1. The van der Waals surface area contributed by atoms with Crippen LogP contribution in [0.4, 0.5) is 5.69 Å². The molecule has 3 rings (SSSR count). The Morgan fingerprint density at radius 2 is 2.24 bits per heavy atom. The normalized spacial score (nSPS) is 18.7. The zero-order chi connectivity index (χ0) is 15.0. The molecule has 0 saturated heterocycles. The molecule has 1 atom stereocenters. The summed E-state index contributed by atoms with van der Waals surface area (Å²) >= 11 is 0. The highest BCUT2D eigenvalue weighted by atomic mass is 16.4. The van der Waals surface area contributed by atoms with Gasteiger partial charge in [0.1, 0.15) is 0 Å². The SMILES string of the molecule is CN1C(=O)Cc2cc(CC(CC(=O)O)NC3CC3)ccc21. The fourth-order valence-electron chi connectivity index (χ4n) is 2.92. The Balaban J connectivity index is 1.72. The van der Waals surface area contributed by atoms with E-state index in [9.17, 15) is 9.59 Å². The molecule has 1 unspecified atom stereocenters. The Kier molecular flexibility index (Phi) is 3.68. The minimum atomic E-state index is -0.774. The number of hydrogen-bond donors (Lipinski definition) is 2. The highest BCUT2D eigenvalue weighted by Crippen LogP contribution is 2.29. The summed E-state index contributed by atoms with van der Waals surface area (Å²) in [6.07, 6.45) is 3.54. The molecule has 1 aliphatic heterocycles. The third kappa shape index (κ3) is 3.24. The van der Waals surface area contributed by atoms with Crippen LogP contribution in [0.25, 0.3) is 0 Å². The summed E-state index contributed by atoms with van der Waals surface area (Å²) in [5.74, 6) is -0.662. The van der Waals surface area contributed by atoms with Crippen molar-refractivity contribution in [2.75, 3.05) is 11.9 Å². The third-order valence-electron chi connectivity index (χ3n) is 4.17. The first kappa shape index (κ1) is 14.1. The lowest BCUT2D eigenvalue weighted by Gasteiger charge is -2.17. The Hall–Kier alpha value is -1.88. The van der Waals surface area contributed by atoms with Crippen molar-refractivity contribution < 1.29 is 14.7 Å². The lowest BCUT2D eigenvalue weighted by Crippen LogP contribution is -2.35. The maximum Gasteiger partial charge on any atom is 0.304 e. The van der Waals surface area contributed by atoms with Crippen molar-refractivity contribution in [2.45, 2.75) is 44.2 Å². The number of aliphatic carboxylic acids is 1. The van der Waals surface area contributed by atoms with Crippen molar-refractivity contribution >= 4 is 17.6 Å². The molecular formula is C16H20N2O3. The number of nitrogens with zero attached hydrogens (tertiary/aromatic N) is 1. The van der Waals surface area contributed by atoms with Gasteiger partial charge in [-0.15, -0.1) is 0 Å². The van der Waals surface area contributed by atoms with Crippen LogP contribution < -0.4 is 10.2 Å². The van der Waals surface area contributed by atoms with Crippen LogP contribution in [0.1, 0.15) is 30.4 Å². The Bertz CT molecular complexity index is 581. The molecule has 0 aromatic heterocycles. The molecular weight excluding hydrogens is 268 g/mol. The van der Waals surface area contributed by atoms with Crippen molar-refractivity contribution in [3.05, 3.63) is 29.3 Å². The van der Waals surface area contributed by atoms with Gasteiger partial charge in [-0.1, -0.05) is 12.1 Å². The molecule has 1 heterocycles. The standard InChI is InChI=1S/C16H20N2O3/c1-18-14-5-2-10(6-11(14)8-15(18)19)7-13(9-16(20)21)17-12-3-4-12/h2,5-6,12-13,17H,3-4,7-9H2,1H3,(H,20,21). The van der Waals surface area contributed by atoms with Gasteiger partial charge in [0.2, 0.25) is 5.91 Å². The number of nitrogens with one attached hydrogen (secondary N) is 1. The summed E-state index contributed by atoms with van der Waals surface area (Å²) in [7, 11) is 1.79. The summed E-state index contributed by atoms with van der Waals surface area (Å²) < 4.78 is 0. The molecule has 1 fully saturated rings. The molecule has 0 spiro atoms. The van der Waals surface area contributed by atoms with Gasteiger partial charge in [-0.2, -0.15) is 0 Å². The number of rotatable bonds is 6. The Morgan fingerprint density at radius 3 is 2.90 bits per heavy atom. The molecule has 2 N–H and O–H groups in total. The first-order valence-corrected chi connectivity index (χ1v) is 7.39. The van der Waals surface area contributed by atoms with E-state index in [1.807, 2.05) is 18.2 Å². The van der Waals surface area contributed by atoms with Gasteiger partial charge in [0.05, 0.1) is 12.8 Å². The number of carboxylic acid groups (broad SMARTS) is 1. The first-order valence-electron chi connectivity index (χ1n) is 7.39. The molecule has 1 aromatic rings. The number of anilines is 1. The number of hydrogen-bond acceptors (Lipinski definition) is 3. The van der Waals surface area contributed by atoms with E-state index in [2.05, 4.69) is 5.32 Å². The number of fused-ring (bicyclic) bond motifs is 1. The lowest BCUT2D eigenvalue weighted by molar-refractivity contribution is -0.137. The number of likely N-dealkylation sites (N-methyl/N-ethyl adjacent to an activating group) is 1. The molecule has 5 nitrogen and oxygen atoms in total. The molecule has 1 amide bonds. The van der Waals surface area contributed by atoms with Crippen LogP contribution in [-0.4, -0.2) is 36.1 Å². The smallest absolute Gasteiger partial charge is 0.304 e. The summed E-state index contributed by atoms with van der Waals surface area (Å²) in [4.78, 5) is 24.4. The maximum absolute atomic E-state index is 11.7. The van der Waals surface area contributed by atoms with Crippen LogP contribution in [0.3, 0.4) is 0 Å². The molecule has 0 bridgehead atoms. The van der Waals surface area contributed by atoms with Crippen molar-refractivity contribution in [1.29, 1.82) is 0 Å². The average Bonchev–Trinajstić information content (AvgIpc) is 3.16. The fraction of sp³-hybridized carbons (Fsp3) is 0.500. The highest BCUT2D eigenvalue weighted by Gasteiger charge is 2.27. The van der Waals surface area contributed by atoms with Crippen LogP contribution in [0.5, 0.6) is 0 Å². The molecule has 0 radical (unpaired) electrons. The zero-order valence-corrected chi connectivity index (χ0v) is 12.1. The summed E-state index contributed by atoms with van der Waals surface area (Å²) in [6.45, 7) is 0. The van der Waals surface area contributed by atoms with Crippen LogP contribution in [0.15, 0.2) is 18.2 Å². The predicted molar refractivity (Wildman–Crippen MR) is 79.5 cm³/mol. The van der Waals surface area contributed by atoms with E-state index in [-0.39, 0.29) is 18.4 Å². The summed E-state index contributed by atoms with van der Waals surface area (Å²) in [5, 5.41) is 12.4. The first-order chi connectivity index (χ1) is 10.0. The minimum Gasteiger partial charge on any atom is -0.481 e. The van der Waals surface area contributed by atoms with Crippen LogP contribution in [-0.2, 0) is 22.4 Å². The number of carbonyl (C=O) groups is 2. The maximum atomic E-state index is 11.7. The van der Waals surface area contributed by atoms with Gasteiger partial charge >= 0.3 is 5.97 Å². The number of carboxylic acids is 1. The second kappa shape index (κ2) is 5.48. The van der Waals surface area contributed by atoms with E-state index < -0.39 is 5.97 Å². The third-order valence-corrected chi connectivity index (χ3v) is 4.17. The monoisotopic (exact) mass is 288 g/mol. The fourth-order valence-corrected chi connectivity index (χ4v) is 2.92. The second-order valence-electron chi connectivity index (χ2n) is 6.03. The van der Waals surface area contributed by atoms with Gasteiger partial charge in [-0.25, -0.2) is 0 Å². The lowest BCUT2D eigenvalue weighted by atomic mass is 10.00. The van der Waals surface area contributed by atoms with E-state index in [0.29, 0.717) is 18.9 Å². The molecule has 5 heteroatoms. The van der Waals surface area contributed by atoms with E-state index in [1.54, 1.807) is 11.9 Å². The van der Waals surface area contributed by atoms with Crippen molar-refractivity contribution in [3.63, 3.8) is 0 Å². The van der Waals surface area contributed by atoms with Gasteiger partial charge in [0, 0.05) is 24.8 Å². The molecule has 112 valence electrons. The predicted octanol–water partition coefficient (Wildman–Crippen LogP) is 1.34. The quantitative estimate of drug-likeness (QED) is 0.829. The van der Waals surface area contributed by atoms with Crippen LogP contribution in [0.2, 0.25) is 0 Å². The van der Waals surface area contributed by atoms with Crippen molar-refractivity contribution in [2.24, 2.45) is 0 Å².